The highest BCUT2D eigenvalue weighted by atomic mass is 32.1. The van der Waals surface area contributed by atoms with Crippen molar-refractivity contribution < 1.29 is 19.3 Å². The van der Waals surface area contributed by atoms with Gasteiger partial charge in [-0.2, -0.15) is 5.10 Å². The van der Waals surface area contributed by atoms with Gasteiger partial charge >= 0.3 is 0 Å². The molecule has 6 rings (SSSR count). The molecule has 12 heteroatoms. The number of anilines is 1. The Labute approximate surface area is 235 Å². The van der Waals surface area contributed by atoms with E-state index in [1.807, 2.05) is 29.2 Å². The topological polar surface area (TPSA) is 107 Å². The average molecular weight is 571 g/mol. The molecule has 208 valence electrons. The summed E-state index contributed by atoms with van der Waals surface area (Å²) in [7, 11) is 3.70. The molecule has 0 amide bonds. The third-order valence-corrected chi connectivity index (χ3v) is 9.58. The molecule has 2 saturated heterocycles. The molecule has 5 heterocycles. The van der Waals surface area contributed by atoms with Crippen molar-refractivity contribution in [3.05, 3.63) is 30.6 Å². The zero-order chi connectivity index (χ0) is 26.8. The molecule has 10 nitrogen and oxygen atoms in total. The van der Waals surface area contributed by atoms with Crippen LogP contribution in [-0.2, 0) is 9.47 Å². The van der Waals surface area contributed by atoms with Gasteiger partial charge < -0.3 is 29.5 Å². The summed E-state index contributed by atoms with van der Waals surface area (Å²) < 4.78 is 19.0. The molecule has 39 heavy (non-hydrogen) atoms. The van der Waals surface area contributed by atoms with Crippen molar-refractivity contribution in [1.29, 1.82) is 0 Å². The maximum Gasteiger partial charge on any atom is 0.188 e. The molecule has 0 bridgehead atoms. The normalized spacial score (nSPS) is 21.9. The lowest BCUT2D eigenvalue weighted by atomic mass is 9.99. The van der Waals surface area contributed by atoms with Crippen LogP contribution >= 0.6 is 22.7 Å². The molecule has 1 unspecified atom stereocenters. The number of hydrogen-bond donors (Lipinski definition) is 2. The van der Waals surface area contributed by atoms with Gasteiger partial charge in [-0.3, -0.25) is 0 Å². The Morgan fingerprint density at radius 2 is 2.08 bits per heavy atom. The fraction of sp³-hybridized carbons (Fsp3) is 0.519. The minimum absolute atomic E-state index is 0.00145. The third-order valence-electron chi connectivity index (χ3n) is 7.43. The maximum atomic E-state index is 9.57. The second-order valence-corrected chi connectivity index (χ2v) is 12.0. The van der Waals surface area contributed by atoms with Crippen LogP contribution in [0.4, 0.5) is 5.13 Å². The van der Waals surface area contributed by atoms with E-state index in [4.69, 9.17) is 24.2 Å². The summed E-state index contributed by atoms with van der Waals surface area (Å²) in [4.78, 5) is 13.9. The largest absolute Gasteiger partial charge is 0.467 e. The van der Waals surface area contributed by atoms with Crippen molar-refractivity contribution in [2.24, 2.45) is 0 Å². The van der Waals surface area contributed by atoms with E-state index in [0.29, 0.717) is 11.8 Å². The highest BCUT2D eigenvalue weighted by molar-refractivity contribution is 7.29. The Hall–Kier alpha value is -2.61. The predicted molar refractivity (Wildman–Crippen MR) is 154 cm³/mol. The monoisotopic (exact) mass is 570 g/mol. The molecule has 3 atom stereocenters. The standard InChI is InChI=1S/C27H34N6O4S2/c1-32(20-8-9-28-19(12-20)15-34)27-31-26-25(39-27)30-24(38-26)21-7-6-17(11-22(21)37-16-35-2)18-13-29-33(14-18)23-5-3-4-10-36-23/h6-7,11,13-14,19-20,23,28,34H,3-5,8-10,12,15-16H2,1-2H3/t19-,20+,23?/m1/s1. The third kappa shape index (κ3) is 5.67. The number of fused-ring (bicyclic) bond motifs is 1. The number of piperidine rings is 1. The van der Waals surface area contributed by atoms with E-state index in [9.17, 15) is 5.11 Å². The minimum Gasteiger partial charge on any atom is -0.467 e. The number of rotatable bonds is 9. The summed E-state index contributed by atoms with van der Waals surface area (Å²) in [5.74, 6) is 0.708. The van der Waals surface area contributed by atoms with Crippen molar-refractivity contribution in [2.75, 3.05) is 45.6 Å². The van der Waals surface area contributed by atoms with Gasteiger partial charge in [0.15, 0.2) is 21.6 Å². The van der Waals surface area contributed by atoms with Crippen molar-refractivity contribution in [3.63, 3.8) is 0 Å². The van der Waals surface area contributed by atoms with Crippen LogP contribution in [0.3, 0.4) is 0 Å². The van der Waals surface area contributed by atoms with E-state index in [1.54, 1.807) is 29.8 Å². The van der Waals surface area contributed by atoms with E-state index in [-0.39, 0.29) is 25.7 Å². The summed E-state index contributed by atoms with van der Waals surface area (Å²) >= 11 is 3.17. The molecule has 2 aliphatic heterocycles. The van der Waals surface area contributed by atoms with E-state index < -0.39 is 0 Å². The molecular weight excluding hydrogens is 536 g/mol. The number of aliphatic hydroxyl groups excluding tert-OH is 1. The molecule has 0 aliphatic carbocycles. The van der Waals surface area contributed by atoms with Gasteiger partial charge in [0.1, 0.15) is 17.0 Å². The smallest absolute Gasteiger partial charge is 0.188 e. The van der Waals surface area contributed by atoms with Crippen LogP contribution in [0.25, 0.3) is 31.4 Å². The summed E-state index contributed by atoms with van der Waals surface area (Å²) in [6.07, 6.45) is 9.09. The molecule has 4 aromatic rings. The van der Waals surface area contributed by atoms with Crippen LogP contribution in [0.1, 0.15) is 38.3 Å². The zero-order valence-electron chi connectivity index (χ0n) is 22.2. The molecule has 1 aromatic carbocycles. The number of hydrogen-bond acceptors (Lipinski definition) is 11. The number of nitrogens with zero attached hydrogens (tertiary/aromatic N) is 5. The molecule has 3 aromatic heterocycles. The average Bonchev–Trinajstić information content (AvgIpc) is 3.72. The van der Waals surface area contributed by atoms with Gasteiger partial charge in [-0.15, -0.1) is 0 Å². The Balaban J connectivity index is 1.24. The molecule has 0 spiro atoms. The summed E-state index contributed by atoms with van der Waals surface area (Å²) in [6, 6.07) is 6.64. The van der Waals surface area contributed by atoms with Crippen LogP contribution < -0.4 is 15.0 Å². The van der Waals surface area contributed by atoms with Crippen molar-refractivity contribution in [1.82, 2.24) is 25.1 Å². The molecule has 2 N–H and O–H groups in total. The summed E-state index contributed by atoms with van der Waals surface area (Å²) in [6.45, 7) is 1.98. The Bertz CT molecular complexity index is 1370. The second-order valence-electron chi connectivity index (χ2n) is 10.0. The number of benzene rings is 1. The van der Waals surface area contributed by atoms with Gasteiger partial charge in [-0.05, 0) is 56.3 Å². The first kappa shape index (κ1) is 26.6. The van der Waals surface area contributed by atoms with Crippen LogP contribution in [-0.4, -0.2) is 77.6 Å². The number of methoxy groups -OCH3 is 1. The second kappa shape index (κ2) is 11.9. The first-order valence-corrected chi connectivity index (χ1v) is 15.0. The first-order valence-electron chi connectivity index (χ1n) is 13.4. The van der Waals surface area contributed by atoms with E-state index in [2.05, 4.69) is 28.4 Å². The highest BCUT2D eigenvalue weighted by Crippen LogP contribution is 2.41. The van der Waals surface area contributed by atoms with Crippen LogP contribution in [0.5, 0.6) is 5.75 Å². The highest BCUT2D eigenvalue weighted by Gasteiger charge is 2.27. The fourth-order valence-electron chi connectivity index (χ4n) is 5.23. The number of aromatic nitrogens is 4. The van der Waals surface area contributed by atoms with Crippen LogP contribution in [0.15, 0.2) is 30.6 Å². The molecule has 0 radical (unpaired) electrons. The predicted octanol–water partition coefficient (Wildman–Crippen LogP) is 4.51. The van der Waals surface area contributed by atoms with Crippen molar-refractivity contribution in [3.8, 4) is 27.4 Å². The van der Waals surface area contributed by atoms with Gasteiger partial charge in [-0.25, -0.2) is 14.6 Å². The molecule has 2 fully saturated rings. The minimum atomic E-state index is 0.00145. The Morgan fingerprint density at radius 3 is 2.87 bits per heavy atom. The lowest BCUT2D eigenvalue weighted by Crippen LogP contribution is -2.48. The van der Waals surface area contributed by atoms with Gasteiger partial charge in [0.05, 0.1) is 18.4 Å². The van der Waals surface area contributed by atoms with Crippen molar-refractivity contribution >= 4 is 37.5 Å². The summed E-state index contributed by atoms with van der Waals surface area (Å²) in [5, 5.41) is 19.3. The summed E-state index contributed by atoms with van der Waals surface area (Å²) in [5.41, 5.74) is 2.93. The van der Waals surface area contributed by atoms with Crippen LogP contribution in [0.2, 0.25) is 0 Å². The Morgan fingerprint density at radius 1 is 1.18 bits per heavy atom. The number of ether oxygens (including phenoxy) is 3. The van der Waals surface area contributed by atoms with E-state index >= 15 is 0 Å². The zero-order valence-corrected chi connectivity index (χ0v) is 23.8. The van der Waals surface area contributed by atoms with Crippen molar-refractivity contribution in [2.45, 2.75) is 50.4 Å². The fourth-order valence-corrected chi connectivity index (χ4v) is 7.33. The Kier molecular flexibility index (Phi) is 8.09. The first-order chi connectivity index (χ1) is 19.1. The van der Waals surface area contributed by atoms with E-state index in [1.165, 1.54) is 0 Å². The van der Waals surface area contributed by atoms with Crippen LogP contribution in [0, 0.1) is 0 Å². The SMILES string of the molecule is COCOc1cc(-c2cnn(C3CCCCO3)c2)ccc1-c1nc2sc(N(C)[C@H]3CCN[C@@H](CO)C3)nc2s1. The maximum absolute atomic E-state index is 9.57. The quantitative estimate of drug-likeness (QED) is 0.281. The molecular formula is C27H34N6O4S2. The van der Waals surface area contributed by atoms with Gasteiger partial charge in [0, 0.05) is 44.6 Å². The van der Waals surface area contributed by atoms with Gasteiger partial charge in [0.25, 0.3) is 0 Å². The number of thiazole rings is 2. The molecule has 2 aliphatic rings. The molecule has 0 saturated carbocycles. The van der Waals surface area contributed by atoms with Gasteiger partial charge in [0.2, 0.25) is 0 Å². The number of nitrogens with one attached hydrogen (secondary N) is 1. The van der Waals surface area contributed by atoms with Gasteiger partial charge in [-0.1, -0.05) is 28.7 Å². The lowest BCUT2D eigenvalue weighted by Gasteiger charge is -2.35. The lowest BCUT2D eigenvalue weighted by molar-refractivity contribution is -0.0394. The number of aliphatic hydroxyl groups is 1. The van der Waals surface area contributed by atoms with E-state index in [0.717, 1.165) is 81.7 Å².